The van der Waals surface area contributed by atoms with Crippen LogP contribution in [-0.2, 0) is 6.61 Å². The summed E-state index contributed by atoms with van der Waals surface area (Å²) in [6, 6.07) is 5.09. The summed E-state index contributed by atoms with van der Waals surface area (Å²) in [5, 5.41) is 9.24. The van der Waals surface area contributed by atoms with Crippen molar-refractivity contribution in [3.05, 3.63) is 42.2 Å². The normalized spacial score (nSPS) is 14.9. The molecular formula is C13H16FNO. The number of aliphatic hydroxyl groups excluding tert-OH is 1. The van der Waals surface area contributed by atoms with Crippen LogP contribution >= 0.6 is 0 Å². The second-order valence-corrected chi connectivity index (χ2v) is 4.10. The maximum Gasteiger partial charge on any atom is 0.123 e. The summed E-state index contributed by atoms with van der Waals surface area (Å²) in [5.74, 6) is -0.304. The molecule has 1 aliphatic rings. The van der Waals surface area contributed by atoms with Gasteiger partial charge in [0.15, 0.2) is 0 Å². The molecule has 0 aliphatic heterocycles. The van der Waals surface area contributed by atoms with Crippen molar-refractivity contribution in [2.75, 3.05) is 11.4 Å². The summed E-state index contributed by atoms with van der Waals surface area (Å²) in [4.78, 5) is 2.18. The molecule has 1 aromatic carbocycles. The van der Waals surface area contributed by atoms with E-state index in [-0.39, 0.29) is 12.4 Å². The van der Waals surface area contributed by atoms with E-state index < -0.39 is 0 Å². The molecule has 0 spiro atoms. The van der Waals surface area contributed by atoms with Crippen LogP contribution < -0.4 is 4.90 Å². The first kappa shape index (κ1) is 11.1. The van der Waals surface area contributed by atoms with Crippen LogP contribution in [0, 0.1) is 5.82 Å². The van der Waals surface area contributed by atoms with E-state index in [0.29, 0.717) is 11.6 Å². The van der Waals surface area contributed by atoms with E-state index >= 15 is 0 Å². The largest absolute Gasteiger partial charge is 0.392 e. The minimum absolute atomic E-state index is 0.131. The van der Waals surface area contributed by atoms with Crippen LogP contribution in [-0.4, -0.2) is 17.7 Å². The number of hydrogen-bond acceptors (Lipinski definition) is 2. The quantitative estimate of drug-likeness (QED) is 0.772. The van der Waals surface area contributed by atoms with Crippen molar-refractivity contribution in [3.63, 3.8) is 0 Å². The second kappa shape index (κ2) is 4.66. The molecule has 1 fully saturated rings. The summed E-state index contributed by atoms with van der Waals surface area (Å²) in [5.41, 5.74) is 1.57. The Hall–Kier alpha value is -1.35. The zero-order valence-corrected chi connectivity index (χ0v) is 9.19. The Labute approximate surface area is 95.0 Å². The van der Waals surface area contributed by atoms with Crippen LogP contribution in [0.4, 0.5) is 10.1 Å². The lowest BCUT2D eigenvalue weighted by Crippen LogP contribution is -2.26. The van der Waals surface area contributed by atoms with Crippen LogP contribution in [0.15, 0.2) is 30.9 Å². The van der Waals surface area contributed by atoms with Crippen molar-refractivity contribution in [1.29, 1.82) is 0 Å². The van der Waals surface area contributed by atoms with Crippen LogP contribution in [0.2, 0.25) is 0 Å². The fraction of sp³-hybridized carbons (Fsp3) is 0.385. The smallest absolute Gasteiger partial charge is 0.123 e. The van der Waals surface area contributed by atoms with Gasteiger partial charge in [0.1, 0.15) is 5.82 Å². The van der Waals surface area contributed by atoms with Gasteiger partial charge in [0.25, 0.3) is 0 Å². The van der Waals surface area contributed by atoms with Gasteiger partial charge in [0.2, 0.25) is 0 Å². The van der Waals surface area contributed by atoms with Gasteiger partial charge in [0.05, 0.1) is 6.61 Å². The standard InChI is InChI=1S/C13H16FNO/c1-2-7-15(12-4-5-12)13-6-3-11(14)8-10(13)9-16/h2-3,6,8,12,16H,1,4-5,7,9H2. The van der Waals surface area contributed by atoms with Crippen molar-refractivity contribution in [2.45, 2.75) is 25.5 Å². The molecule has 0 saturated heterocycles. The molecule has 0 heterocycles. The van der Waals surface area contributed by atoms with Crippen LogP contribution in [0.25, 0.3) is 0 Å². The first-order valence-electron chi connectivity index (χ1n) is 5.53. The van der Waals surface area contributed by atoms with Crippen LogP contribution in [0.3, 0.4) is 0 Å². The molecule has 3 heteroatoms. The molecule has 0 bridgehead atoms. The lowest BCUT2D eigenvalue weighted by atomic mass is 10.1. The van der Waals surface area contributed by atoms with Crippen molar-refractivity contribution in [2.24, 2.45) is 0 Å². The fourth-order valence-electron chi connectivity index (χ4n) is 1.93. The predicted octanol–water partition coefficient (Wildman–Crippen LogP) is 2.47. The van der Waals surface area contributed by atoms with Gasteiger partial charge in [-0.05, 0) is 31.0 Å². The summed E-state index contributed by atoms with van der Waals surface area (Å²) < 4.78 is 13.1. The minimum atomic E-state index is -0.304. The summed E-state index contributed by atoms with van der Waals surface area (Å²) in [7, 11) is 0. The molecule has 1 aliphatic carbocycles. The Morgan fingerprint density at radius 1 is 1.50 bits per heavy atom. The number of nitrogens with zero attached hydrogens (tertiary/aromatic N) is 1. The van der Waals surface area contributed by atoms with Gasteiger partial charge in [-0.1, -0.05) is 6.08 Å². The molecule has 1 saturated carbocycles. The average Bonchev–Trinajstić information content (AvgIpc) is 3.10. The highest BCUT2D eigenvalue weighted by molar-refractivity contribution is 5.55. The zero-order valence-electron chi connectivity index (χ0n) is 9.19. The Bertz CT molecular complexity index is 388. The number of rotatable bonds is 5. The third-order valence-corrected chi connectivity index (χ3v) is 2.83. The van der Waals surface area contributed by atoms with Gasteiger partial charge in [-0.3, -0.25) is 0 Å². The highest BCUT2D eigenvalue weighted by atomic mass is 19.1. The van der Waals surface area contributed by atoms with Crippen LogP contribution in [0.1, 0.15) is 18.4 Å². The predicted molar refractivity (Wildman–Crippen MR) is 62.9 cm³/mol. The van der Waals surface area contributed by atoms with Gasteiger partial charge < -0.3 is 10.0 Å². The summed E-state index contributed by atoms with van der Waals surface area (Å²) in [6.07, 6.45) is 4.16. The first-order valence-corrected chi connectivity index (χ1v) is 5.53. The Kier molecular flexibility index (Phi) is 3.25. The molecule has 0 aromatic heterocycles. The van der Waals surface area contributed by atoms with E-state index in [0.717, 1.165) is 25.1 Å². The van der Waals surface area contributed by atoms with Crippen molar-refractivity contribution in [1.82, 2.24) is 0 Å². The maximum absolute atomic E-state index is 13.1. The second-order valence-electron chi connectivity index (χ2n) is 4.10. The van der Waals surface area contributed by atoms with E-state index in [4.69, 9.17) is 0 Å². The van der Waals surface area contributed by atoms with Crippen molar-refractivity contribution in [3.8, 4) is 0 Å². The van der Waals surface area contributed by atoms with Crippen molar-refractivity contribution >= 4 is 5.69 Å². The molecule has 86 valence electrons. The third kappa shape index (κ3) is 2.25. The Morgan fingerprint density at radius 2 is 2.25 bits per heavy atom. The highest BCUT2D eigenvalue weighted by Gasteiger charge is 2.29. The van der Waals surface area contributed by atoms with E-state index in [1.54, 1.807) is 6.07 Å². The number of anilines is 1. The molecule has 0 radical (unpaired) electrons. The molecule has 2 rings (SSSR count). The molecule has 0 unspecified atom stereocenters. The zero-order chi connectivity index (χ0) is 11.5. The number of aliphatic hydroxyl groups is 1. The molecule has 2 nitrogen and oxygen atoms in total. The van der Waals surface area contributed by atoms with Gasteiger partial charge >= 0.3 is 0 Å². The Morgan fingerprint density at radius 3 is 2.81 bits per heavy atom. The lowest BCUT2D eigenvalue weighted by Gasteiger charge is -2.25. The van der Waals surface area contributed by atoms with Gasteiger partial charge in [-0.2, -0.15) is 0 Å². The minimum Gasteiger partial charge on any atom is -0.392 e. The number of benzene rings is 1. The monoisotopic (exact) mass is 221 g/mol. The SMILES string of the molecule is C=CCN(c1ccc(F)cc1CO)C1CC1. The van der Waals surface area contributed by atoms with E-state index in [1.807, 2.05) is 6.08 Å². The summed E-state index contributed by atoms with van der Waals surface area (Å²) in [6.45, 7) is 4.34. The van der Waals surface area contributed by atoms with Crippen LogP contribution in [0.5, 0.6) is 0 Å². The first-order chi connectivity index (χ1) is 7.76. The average molecular weight is 221 g/mol. The third-order valence-electron chi connectivity index (χ3n) is 2.83. The van der Waals surface area contributed by atoms with Gasteiger partial charge in [-0.15, -0.1) is 6.58 Å². The fourth-order valence-corrected chi connectivity index (χ4v) is 1.93. The van der Waals surface area contributed by atoms with E-state index in [9.17, 15) is 9.50 Å². The maximum atomic E-state index is 13.1. The van der Waals surface area contributed by atoms with Crippen molar-refractivity contribution < 1.29 is 9.50 Å². The van der Waals surface area contributed by atoms with E-state index in [1.165, 1.54) is 12.1 Å². The van der Waals surface area contributed by atoms with E-state index in [2.05, 4.69) is 11.5 Å². The highest BCUT2D eigenvalue weighted by Crippen LogP contribution is 2.33. The number of halogens is 1. The van der Waals surface area contributed by atoms with Gasteiger partial charge in [-0.25, -0.2) is 4.39 Å². The topological polar surface area (TPSA) is 23.5 Å². The van der Waals surface area contributed by atoms with Gasteiger partial charge in [0, 0.05) is 23.8 Å². The molecule has 0 atom stereocenters. The number of hydrogen-bond donors (Lipinski definition) is 1. The molecule has 16 heavy (non-hydrogen) atoms. The Balaban J connectivity index is 2.31. The molecule has 1 N–H and O–H groups in total. The summed E-state index contributed by atoms with van der Waals surface area (Å²) >= 11 is 0. The molecule has 1 aromatic rings. The molecular weight excluding hydrogens is 205 g/mol. The molecule has 0 amide bonds. The lowest BCUT2D eigenvalue weighted by molar-refractivity contribution is 0.281.